The monoisotopic (exact) mass is 249 g/mol. The molecule has 0 atom stereocenters. The molecule has 92 valence electrons. The van der Waals surface area contributed by atoms with Crippen LogP contribution in [0.15, 0.2) is 60.2 Å². The van der Waals surface area contributed by atoms with Gasteiger partial charge in [-0.1, -0.05) is 30.9 Å². The average molecular weight is 249 g/mol. The van der Waals surface area contributed by atoms with Gasteiger partial charge in [-0.3, -0.25) is 4.79 Å². The molecule has 0 radical (unpaired) electrons. The van der Waals surface area contributed by atoms with E-state index in [0.29, 0.717) is 11.2 Å². The lowest BCUT2D eigenvalue weighted by Crippen LogP contribution is -2.21. The van der Waals surface area contributed by atoms with E-state index in [2.05, 4.69) is 16.7 Å². The first-order valence-electron chi connectivity index (χ1n) is 5.85. The van der Waals surface area contributed by atoms with Crippen LogP contribution in [0, 0.1) is 0 Å². The quantitative estimate of drug-likeness (QED) is 0.700. The second kappa shape index (κ2) is 4.49. The Labute approximate surface area is 109 Å². The highest BCUT2D eigenvalue weighted by molar-refractivity contribution is 5.83. The zero-order valence-electron chi connectivity index (χ0n) is 10.2. The first kappa shape index (κ1) is 11.3. The summed E-state index contributed by atoms with van der Waals surface area (Å²) in [5.41, 5.74) is 0.725. The smallest absolute Gasteiger partial charge is 0.267 e. The molecule has 4 nitrogen and oxygen atoms in total. The van der Waals surface area contributed by atoms with Gasteiger partial charge < -0.3 is 0 Å². The van der Waals surface area contributed by atoms with E-state index in [-0.39, 0.29) is 5.56 Å². The summed E-state index contributed by atoms with van der Waals surface area (Å²) in [4.78, 5) is 16.6. The summed E-state index contributed by atoms with van der Waals surface area (Å²) in [6.07, 6.45) is 5.01. The van der Waals surface area contributed by atoms with Crippen molar-refractivity contribution in [2.24, 2.45) is 0 Å². The van der Waals surface area contributed by atoms with E-state index in [1.165, 1.54) is 4.68 Å². The van der Waals surface area contributed by atoms with E-state index in [9.17, 15) is 4.79 Å². The van der Waals surface area contributed by atoms with Crippen LogP contribution in [-0.2, 0) is 0 Å². The molecule has 0 aliphatic carbocycles. The lowest BCUT2D eigenvalue weighted by atomic mass is 10.1. The highest BCUT2D eigenvalue weighted by Crippen LogP contribution is 2.12. The molecule has 4 heteroatoms. The van der Waals surface area contributed by atoms with Gasteiger partial charge in [0.15, 0.2) is 5.82 Å². The Kier molecular flexibility index (Phi) is 2.68. The van der Waals surface area contributed by atoms with Crippen LogP contribution in [0.1, 0.15) is 5.56 Å². The Morgan fingerprint density at radius 1 is 1.21 bits per heavy atom. The fourth-order valence-corrected chi connectivity index (χ4v) is 1.93. The predicted molar refractivity (Wildman–Crippen MR) is 75.2 cm³/mol. The molecule has 19 heavy (non-hydrogen) atoms. The van der Waals surface area contributed by atoms with Gasteiger partial charge in [-0.15, -0.1) is 0 Å². The summed E-state index contributed by atoms with van der Waals surface area (Å²) in [6, 6.07) is 10.9. The van der Waals surface area contributed by atoms with Gasteiger partial charge in [0.05, 0.1) is 11.6 Å². The molecule has 0 amide bonds. The molecule has 3 rings (SSSR count). The normalized spacial score (nSPS) is 10.5. The summed E-state index contributed by atoms with van der Waals surface area (Å²) in [5.74, 6) is 0.512. The van der Waals surface area contributed by atoms with E-state index in [0.717, 1.165) is 10.9 Å². The van der Waals surface area contributed by atoms with Crippen LogP contribution in [0.25, 0.3) is 22.7 Å². The first-order chi connectivity index (χ1) is 9.29. The molecule has 3 aromatic rings. The van der Waals surface area contributed by atoms with Gasteiger partial charge in [0.1, 0.15) is 0 Å². The minimum atomic E-state index is -0.181. The SMILES string of the molecule is C=Cc1ccc2cnn(-c3ccccn3)c(=O)c2c1. The van der Waals surface area contributed by atoms with Crippen molar-refractivity contribution in [3.05, 3.63) is 71.3 Å². The summed E-state index contributed by atoms with van der Waals surface area (Å²) < 4.78 is 1.30. The van der Waals surface area contributed by atoms with Crippen molar-refractivity contribution >= 4 is 16.8 Å². The minimum absolute atomic E-state index is 0.181. The molecule has 0 N–H and O–H groups in total. The summed E-state index contributed by atoms with van der Waals surface area (Å²) in [7, 11) is 0. The van der Waals surface area contributed by atoms with Crippen LogP contribution in [0.5, 0.6) is 0 Å². The molecule has 2 heterocycles. The topological polar surface area (TPSA) is 47.8 Å². The van der Waals surface area contributed by atoms with E-state index in [1.54, 1.807) is 30.6 Å². The van der Waals surface area contributed by atoms with Crippen molar-refractivity contribution in [1.82, 2.24) is 14.8 Å². The number of benzene rings is 1. The van der Waals surface area contributed by atoms with Crippen LogP contribution in [-0.4, -0.2) is 14.8 Å². The Morgan fingerprint density at radius 3 is 2.84 bits per heavy atom. The van der Waals surface area contributed by atoms with Gasteiger partial charge in [-0.2, -0.15) is 9.78 Å². The predicted octanol–water partition coefficient (Wildman–Crippen LogP) is 2.42. The molecule has 0 fully saturated rings. The molecule has 0 unspecified atom stereocenters. The molecule has 0 saturated carbocycles. The molecule has 0 aliphatic heterocycles. The molecule has 0 bridgehead atoms. The van der Waals surface area contributed by atoms with E-state index in [1.807, 2.05) is 24.3 Å². The number of fused-ring (bicyclic) bond motifs is 1. The molecule has 0 saturated heterocycles. The Bertz CT molecular complexity index is 806. The average Bonchev–Trinajstić information content (AvgIpc) is 2.48. The molecule has 0 aliphatic rings. The van der Waals surface area contributed by atoms with Gasteiger partial charge >= 0.3 is 0 Å². The van der Waals surface area contributed by atoms with E-state index in [4.69, 9.17) is 0 Å². The number of aromatic nitrogens is 3. The second-order valence-corrected chi connectivity index (χ2v) is 4.10. The van der Waals surface area contributed by atoms with Crippen LogP contribution in [0.4, 0.5) is 0 Å². The van der Waals surface area contributed by atoms with Crippen molar-refractivity contribution in [3.8, 4) is 5.82 Å². The molecular weight excluding hydrogens is 238 g/mol. The number of nitrogens with zero attached hydrogens (tertiary/aromatic N) is 3. The third kappa shape index (κ3) is 1.93. The van der Waals surface area contributed by atoms with Crippen molar-refractivity contribution in [2.45, 2.75) is 0 Å². The largest absolute Gasteiger partial charge is 0.280 e. The van der Waals surface area contributed by atoms with Crippen molar-refractivity contribution < 1.29 is 0 Å². The number of hydrogen-bond acceptors (Lipinski definition) is 3. The maximum Gasteiger partial charge on any atom is 0.280 e. The second-order valence-electron chi connectivity index (χ2n) is 4.10. The van der Waals surface area contributed by atoms with Crippen LogP contribution >= 0.6 is 0 Å². The summed E-state index contributed by atoms with van der Waals surface area (Å²) >= 11 is 0. The van der Waals surface area contributed by atoms with Gasteiger partial charge in [-0.25, -0.2) is 4.98 Å². The first-order valence-corrected chi connectivity index (χ1v) is 5.85. The third-order valence-electron chi connectivity index (χ3n) is 2.91. The fraction of sp³-hybridized carbons (Fsp3) is 0. The molecule has 1 aromatic carbocycles. The Balaban J connectivity index is 2.31. The summed E-state index contributed by atoms with van der Waals surface area (Å²) in [6.45, 7) is 3.71. The highest BCUT2D eigenvalue weighted by Gasteiger charge is 2.06. The standard InChI is InChI=1S/C15H11N3O/c1-2-11-6-7-12-10-17-18(15(19)13(12)9-11)14-5-3-4-8-16-14/h2-10H,1H2. The van der Waals surface area contributed by atoms with Crippen LogP contribution in [0.3, 0.4) is 0 Å². The minimum Gasteiger partial charge on any atom is -0.267 e. The van der Waals surface area contributed by atoms with E-state index >= 15 is 0 Å². The van der Waals surface area contributed by atoms with Crippen LogP contribution < -0.4 is 5.56 Å². The van der Waals surface area contributed by atoms with Gasteiger partial charge in [0.2, 0.25) is 0 Å². The fourth-order valence-electron chi connectivity index (χ4n) is 1.93. The zero-order chi connectivity index (χ0) is 13.2. The van der Waals surface area contributed by atoms with Gasteiger partial charge in [0.25, 0.3) is 5.56 Å². The van der Waals surface area contributed by atoms with Crippen molar-refractivity contribution in [2.75, 3.05) is 0 Å². The molecule has 2 aromatic heterocycles. The Morgan fingerprint density at radius 2 is 2.11 bits per heavy atom. The third-order valence-corrected chi connectivity index (χ3v) is 2.91. The van der Waals surface area contributed by atoms with E-state index < -0.39 is 0 Å². The maximum absolute atomic E-state index is 12.4. The Hall–Kier alpha value is -2.75. The lowest BCUT2D eigenvalue weighted by Gasteiger charge is -2.05. The van der Waals surface area contributed by atoms with Crippen LogP contribution in [0.2, 0.25) is 0 Å². The van der Waals surface area contributed by atoms with Crippen molar-refractivity contribution in [3.63, 3.8) is 0 Å². The number of rotatable bonds is 2. The lowest BCUT2D eigenvalue weighted by molar-refractivity contribution is 0.794. The highest BCUT2D eigenvalue weighted by atomic mass is 16.1. The maximum atomic E-state index is 12.4. The molecular formula is C15H11N3O. The van der Waals surface area contributed by atoms with Gasteiger partial charge in [-0.05, 0) is 23.8 Å². The number of pyridine rings is 1. The molecule has 0 spiro atoms. The van der Waals surface area contributed by atoms with Gasteiger partial charge in [0, 0.05) is 11.6 Å². The number of hydrogen-bond donors (Lipinski definition) is 0. The van der Waals surface area contributed by atoms with Crippen molar-refractivity contribution in [1.29, 1.82) is 0 Å². The summed E-state index contributed by atoms with van der Waals surface area (Å²) in [5, 5.41) is 5.57. The zero-order valence-corrected chi connectivity index (χ0v) is 10.2.